The molecule has 0 aromatic heterocycles. The number of aryl methyl sites for hydroxylation is 1. The summed E-state index contributed by atoms with van der Waals surface area (Å²) in [6.07, 6.45) is 1.09. The van der Waals surface area contributed by atoms with Crippen LogP contribution in [0.4, 0.5) is 51.2 Å². The van der Waals surface area contributed by atoms with Crippen LogP contribution in [-0.2, 0) is 21.7 Å². The van der Waals surface area contributed by atoms with E-state index in [-0.39, 0.29) is 28.4 Å². The quantitative estimate of drug-likeness (QED) is 0.147. The van der Waals surface area contributed by atoms with Gasteiger partial charge in [0.15, 0.2) is 0 Å². The summed E-state index contributed by atoms with van der Waals surface area (Å²) in [6.45, 7) is 26.2. The number of hydrogen-bond donors (Lipinski definition) is 0. The minimum atomic E-state index is -0.174. The number of fused-ring (bicyclic) bond motifs is 5. The predicted molar refractivity (Wildman–Crippen MR) is 319 cm³/mol. The summed E-state index contributed by atoms with van der Waals surface area (Å²) in [7, 11) is 0. The smallest absolute Gasteiger partial charge is 0.252 e. The molecule has 0 fully saturated rings. The van der Waals surface area contributed by atoms with Gasteiger partial charge in [0, 0.05) is 51.1 Å². The van der Waals surface area contributed by atoms with Gasteiger partial charge < -0.3 is 14.7 Å². The van der Waals surface area contributed by atoms with Crippen molar-refractivity contribution in [3.8, 4) is 22.3 Å². The first-order chi connectivity index (χ1) is 35.4. The summed E-state index contributed by atoms with van der Waals surface area (Å²) in [5.41, 5.74) is 26.1. The Labute approximate surface area is 441 Å². The third-order valence-electron chi connectivity index (χ3n) is 16.4. The van der Waals surface area contributed by atoms with Crippen molar-refractivity contribution in [1.29, 1.82) is 0 Å². The van der Waals surface area contributed by atoms with Crippen molar-refractivity contribution in [2.45, 2.75) is 104 Å². The second-order valence-electron chi connectivity index (χ2n) is 24.6. The average molecular weight is 962 g/mol. The maximum Gasteiger partial charge on any atom is 0.252 e. The third-order valence-corrected chi connectivity index (χ3v) is 16.4. The molecule has 9 aromatic rings. The summed E-state index contributed by atoms with van der Waals surface area (Å²) in [4.78, 5) is 7.73. The van der Waals surface area contributed by atoms with Crippen molar-refractivity contribution in [3.63, 3.8) is 0 Å². The maximum atomic E-state index is 2.69. The standard InChI is InChI=1S/C70H68BN3/c1-46-38-49(47-24-16-12-17-25-47)32-36-60(46)73-62-42-54(72(52-28-20-14-21-29-52)53-30-22-15-23-31-53)34-35-58(62)71-59-43-56-57(70(10,11)45-69(56,8)9)44-63(59)74(65-41-51(68(5,6)7)40-64(73)66(65)71)61-37-33-50(67(2,3)4)39-55(61)48-26-18-13-19-27-48/h12-44H,45H2,1-11H3. The lowest BCUT2D eigenvalue weighted by Gasteiger charge is -2.46. The molecule has 0 atom stereocenters. The Kier molecular flexibility index (Phi) is 11.1. The summed E-state index contributed by atoms with van der Waals surface area (Å²) >= 11 is 0. The molecule has 1 aliphatic carbocycles. The number of anilines is 9. The van der Waals surface area contributed by atoms with Crippen LogP contribution in [0.5, 0.6) is 0 Å². The van der Waals surface area contributed by atoms with Crippen molar-refractivity contribution < 1.29 is 0 Å². The van der Waals surface area contributed by atoms with Gasteiger partial charge in [-0.05, 0) is 175 Å². The van der Waals surface area contributed by atoms with E-state index >= 15 is 0 Å². The number of para-hydroxylation sites is 2. The molecule has 0 radical (unpaired) electrons. The fourth-order valence-corrected chi connectivity index (χ4v) is 12.9. The number of benzene rings is 9. The van der Waals surface area contributed by atoms with Crippen molar-refractivity contribution in [3.05, 3.63) is 228 Å². The lowest BCUT2D eigenvalue weighted by atomic mass is 9.33. The van der Waals surface area contributed by atoms with E-state index in [9.17, 15) is 0 Å². The Hall–Kier alpha value is -7.56. The van der Waals surface area contributed by atoms with Gasteiger partial charge in [-0.15, -0.1) is 0 Å². The molecular weight excluding hydrogens is 894 g/mol. The second-order valence-corrected chi connectivity index (χ2v) is 24.6. The van der Waals surface area contributed by atoms with E-state index in [1.807, 2.05) is 0 Å². The van der Waals surface area contributed by atoms with Crippen molar-refractivity contribution in [2.75, 3.05) is 14.7 Å². The summed E-state index contributed by atoms with van der Waals surface area (Å²) in [6, 6.07) is 75.7. The van der Waals surface area contributed by atoms with Crippen LogP contribution in [0.25, 0.3) is 22.3 Å². The normalized spacial score (nSPS) is 15.0. The Balaban J connectivity index is 1.21. The molecule has 0 saturated carbocycles. The van der Waals surface area contributed by atoms with Crippen LogP contribution in [0.1, 0.15) is 103 Å². The molecular formula is C70H68BN3. The predicted octanol–water partition coefficient (Wildman–Crippen LogP) is 17.4. The lowest BCUT2D eigenvalue weighted by Crippen LogP contribution is -2.61. The van der Waals surface area contributed by atoms with Gasteiger partial charge in [0.1, 0.15) is 0 Å². The maximum absolute atomic E-state index is 2.69. The van der Waals surface area contributed by atoms with Crippen LogP contribution in [0.2, 0.25) is 0 Å². The minimum absolute atomic E-state index is 0.00167. The summed E-state index contributed by atoms with van der Waals surface area (Å²) < 4.78 is 0. The van der Waals surface area contributed by atoms with E-state index in [0.29, 0.717) is 0 Å². The zero-order chi connectivity index (χ0) is 51.5. The lowest BCUT2D eigenvalue weighted by molar-refractivity contribution is 0.403. The molecule has 3 aliphatic rings. The van der Waals surface area contributed by atoms with Gasteiger partial charge in [-0.2, -0.15) is 0 Å². The Bertz CT molecular complexity index is 3580. The van der Waals surface area contributed by atoms with Crippen LogP contribution < -0.4 is 31.1 Å². The summed E-state index contributed by atoms with van der Waals surface area (Å²) in [5.74, 6) is 0. The van der Waals surface area contributed by atoms with E-state index in [1.165, 1.54) is 101 Å². The average Bonchev–Trinajstić information content (AvgIpc) is 3.57. The van der Waals surface area contributed by atoms with E-state index in [2.05, 4.69) is 291 Å². The monoisotopic (exact) mass is 962 g/mol. The van der Waals surface area contributed by atoms with Gasteiger partial charge in [-0.1, -0.05) is 191 Å². The van der Waals surface area contributed by atoms with Gasteiger partial charge in [-0.3, -0.25) is 0 Å². The molecule has 0 amide bonds. The molecule has 3 nitrogen and oxygen atoms in total. The second kappa shape index (κ2) is 17.3. The molecule has 0 N–H and O–H groups in total. The highest BCUT2D eigenvalue weighted by atomic mass is 15.2. The third kappa shape index (κ3) is 7.88. The largest absolute Gasteiger partial charge is 0.311 e. The van der Waals surface area contributed by atoms with Crippen LogP contribution in [0, 0.1) is 6.92 Å². The Morgan fingerprint density at radius 2 is 0.919 bits per heavy atom. The Morgan fingerprint density at radius 3 is 1.49 bits per heavy atom. The molecule has 0 saturated heterocycles. The zero-order valence-electron chi connectivity index (χ0n) is 45.2. The van der Waals surface area contributed by atoms with Crippen LogP contribution in [0.15, 0.2) is 200 Å². The highest BCUT2D eigenvalue weighted by Crippen LogP contribution is 2.54. The molecule has 4 heteroatoms. The fourth-order valence-electron chi connectivity index (χ4n) is 12.9. The first-order valence-corrected chi connectivity index (χ1v) is 26.8. The SMILES string of the molecule is Cc1cc(-c2ccccc2)ccc1N1c2cc(N(c3ccccc3)c3ccccc3)ccc2B2c3cc4c(cc3N(c3ccc(C(C)(C)C)cc3-c3ccccc3)c3cc(C(C)(C)C)cc1c32)C(C)(C)CC4(C)C. The topological polar surface area (TPSA) is 9.72 Å². The minimum Gasteiger partial charge on any atom is -0.311 e. The first-order valence-electron chi connectivity index (χ1n) is 26.8. The van der Waals surface area contributed by atoms with Gasteiger partial charge in [0.25, 0.3) is 6.71 Å². The zero-order valence-corrected chi connectivity index (χ0v) is 45.2. The molecule has 9 aromatic carbocycles. The van der Waals surface area contributed by atoms with E-state index in [4.69, 9.17) is 0 Å². The Morgan fingerprint density at radius 1 is 0.405 bits per heavy atom. The van der Waals surface area contributed by atoms with E-state index in [0.717, 1.165) is 23.5 Å². The molecule has 2 aliphatic heterocycles. The molecule has 0 bridgehead atoms. The summed E-state index contributed by atoms with van der Waals surface area (Å²) in [5, 5.41) is 0. The number of hydrogen-bond acceptors (Lipinski definition) is 3. The van der Waals surface area contributed by atoms with Gasteiger partial charge in [0.05, 0.1) is 5.69 Å². The molecule has 12 rings (SSSR count). The van der Waals surface area contributed by atoms with Crippen molar-refractivity contribution in [2.24, 2.45) is 0 Å². The molecule has 2 heterocycles. The van der Waals surface area contributed by atoms with Crippen LogP contribution in [-0.4, -0.2) is 6.71 Å². The molecule has 0 spiro atoms. The number of rotatable bonds is 7. The highest BCUT2D eigenvalue weighted by molar-refractivity contribution is 7.00. The van der Waals surface area contributed by atoms with Crippen LogP contribution in [0.3, 0.4) is 0 Å². The molecule has 366 valence electrons. The van der Waals surface area contributed by atoms with Crippen LogP contribution >= 0.6 is 0 Å². The molecule has 74 heavy (non-hydrogen) atoms. The van der Waals surface area contributed by atoms with E-state index in [1.54, 1.807) is 0 Å². The van der Waals surface area contributed by atoms with Crippen molar-refractivity contribution in [1.82, 2.24) is 0 Å². The van der Waals surface area contributed by atoms with Gasteiger partial charge in [-0.25, -0.2) is 0 Å². The fraction of sp³-hybridized carbons (Fsp3) is 0.229. The van der Waals surface area contributed by atoms with E-state index < -0.39 is 0 Å². The van der Waals surface area contributed by atoms with Crippen molar-refractivity contribution >= 4 is 74.3 Å². The first kappa shape index (κ1) is 47.4. The van der Waals surface area contributed by atoms with Gasteiger partial charge in [0.2, 0.25) is 0 Å². The molecule has 0 unspecified atom stereocenters. The van der Waals surface area contributed by atoms with Gasteiger partial charge >= 0.3 is 0 Å². The number of nitrogens with zero attached hydrogens (tertiary/aromatic N) is 3. The highest BCUT2D eigenvalue weighted by Gasteiger charge is 2.49.